The summed E-state index contributed by atoms with van der Waals surface area (Å²) in [5.74, 6) is 0. The Balaban J connectivity index is 2.08. The molecule has 3 atom stereocenters. The minimum atomic E-state index is -0.560. The maximum atomic E-state index is 11.0. The molecule has 7 nitrogen and oxygen atoms in total. The molecule has 0 amide bonds. The molecule has 2 heterocycles. The van der Waals surface area contributed by atoms with Gasteiger partial charge in [-0.2, -0.15) is 0 Å². The fourth-order valence-electron chi connectivity index (χ4n) is 3.66. The number of aliphatic hydroxyl groups excluding tert-OH is 1. The van der Waals surface area contributed by atoms with Gasteiger partial charge in [0.2, 0.25) is 0 Å². The van der Waals surface area contributed by atoms with Gasteiger partial charge in [0.25, 0.3) is 5.69 Å². The summed E-state index contributed by atoms with van der Waals surface area (Å²) in [7, 11) is 0. The van der Waals surface area contributed by atoms with E-state index in [1.54, 1.807) is 6.07 Å². The minimum absolute atomic E-state index is 0.0363. The second kappa shape index (κ2) is 5.73. The molecule has 2 N–H and O–H groups in total. The molecule has 2 fully saturated rings. The number of oxime groups is 1. The van der Waals surface area contributed by atoms with Gasteiger partial charge < -0.3 is 15.2 Å². The molecule has 1 aromatic rings. The third kappa shape index (κ3) is 2.40. The van der Waals surface area contributed by atoms with Crippen molar-refractivity contribution in [2.45, 2.75) is 43.9 Å². The Hall–Kier alpha value is -1.86. The number of halogens is 1. The van der Waals surface area contributed by atoms with Crippen molar-refractivity contribution in [2.75, 3.05) is 4.90 Å². The van der Waals surface area contributed by atoms with Gasteiger partial charge in [-0.05, 0) is 31.7 Å². The van der Waals surface area contributed by atoms with Crippen LogP contribution in [0.2, 0.25) is 5.02 Å². The maximum absolute atomic E-state index is 11.0. The number of hydrogen-bond acceptors (Lipinski definition) is 6. The first-order valence-electron chi connectivity index (χ1n) is 7.13. The van der Waals surface area contributed by atoms with Crippen LogP contribution in [0.5, 0.6) is 0 Å². The van der Waals surface area contributed by atoms with Crippen LogP contribution in [0.1, 0.15) is 31.2 Å². The number of nitrogens with zero attached hydrogens (tertiary/aromatic N) is 3. The summed E-state index contributed by atoms with van der Waals surface area (Å²) in [4.78, 5) is 12.6. The Morgan fingerprint density at radius 2 is 2.00 bits per heavy atom. The second-order valence-corrected chi connectivity index (χ2v) is 6.13. The monoisotopic (exact) mass is 325 g/mol. The van der Waals surface area contributed by atoms with Crippen LogP contribution < -0.4 is 4.90 Å². The van der Waals surface area contributed by atoms with Gasteiger partial charge in [-0.15, -0.1) is 0 Å². The lowest BCUT2D eigenvalue weighted by Crippen LogP contribution is -2.45. The Kier molecular flexibility index (Phi) is 3.92. The minimum Gasteiger partial charge on any atom is -0.411 e. The first-order valence-corrected chi connectivity index (χ1v) is 7.51. The van der Waals surface area contributed by atoms with E-state index in [-0.39, 0.29) is 28.9 Å². The molecule has 0 spiro atoms. The Bertz CT molecular complexity index is 623. The molecule has 22 heavy (non-hydrogen) atoms. The average Bonchev–Trinajstić information content (AvgIpc) is 2.72. The van der Waals surface area contributed by atoms with E-state index in [9.17, 15) is 15.2 Å². The number of piperidine rings is 1. The fourth-order valence-corrected chi connectivity index (χ4v) is 3.94. The van der Waals surface area contributed by atoms with E-state index in [0.717, 1.165) is 19.1 Å². The normalized spacial score (nSPS) is 27.5. The highest BCUT2D eigenvalue weighted by molar-refractivity contribution is 6.35. The maximum Gasteiger partial charge on any atom is 0.288 e. The molecule has 2 aliphatic heterocycles. The van der Waals surface area contributed by atoms with Crippen molar-refractivity contribution in [1.82, 2.24) is 0 Å². The van der Waals surface area contributed by atoms with E-state index < -0.39 is 4.92 Å². The van der Waals surface area contributed by atoms with Crippen molar-refractivity contribution < 1.29 is 15.2 Å². The van der Waals surface area contributed by atoms with Gasteiger partial charge in [0.15, 0.2) is 0 Å². The van der Waals surface area contributed by atoms with E-state index >= 15 is 0 Å². The lowest BCUT2D eigenvalue weighted by atomic mass is 9.97. The molecule has 0 aromatic heterocycles. The van der Waals surface area contributed by atoms with Crippen molar-refractivity contribution in [1.29, 1.82) is 0 Å². The van der Waals surface area contributed by atoms with Gasteiger partial charge in [0, 0.05) is 29.4 Å². The zero-order chi connectivity index (χ0) is 15.9. The van der Waals surface area contributed by atoms with Gasteiger partial charge in [-0.25, -0.2) is 0 Å². The van der Waals surface area contributed by atoms with Crippen LogP contribution in [-0.2, 0) is 0 Å². The lowest BCUT2D eigenvalue weighted by Gasteiger charge is -2.39. The van der Waals surface area contributed by atoms with Crippen LogP contribution in [-0.4, -0.2) is 39.6 Å². The van der Waals surface area contributed by atoms with Crippen molar-refractivity contribution in [3.05, 3.63) is 32.8 Å². The van der Waals surface area contributed by atoms with Gasteiger partial charge in [-0.1, -0.05) is 16.8 Å². The van der Waals surface area contributed by atoms with E-state index in [1.807, 2.05) is 0 Å². The summed E-state index contributed by atoms with van der Waals surface area (Å²) in [5, 5.41) is 32.7. The highest BCUT2D eigenvalue weighted by Gasteiger charge is 2.41. The molecular formula is C14H16ClN3O4. The fraction of sp³-hybridized carbons (Fsp3) is 0.500. The summed E-state index contributed by atoms with van der Waals surface area (Å²) in [6.07, 6.45) is 4.09. The Morgan fingerprint density at radius 3 is 2.55 bits per heavy atom. The van der Waals surface area contributed by atoms with Crippen LogP contribution in [0.25, 0.3) is 0 Å². The van der Waals surface area contributed by atoms with E-state index in [1.165, 1.54) is 6.07 Å². The molecule has 118 valence electrons. The van der Waals surface area contributed by atoms with Crippen LogP contribution in [0.3, 0.4) is 0 Å². The number of anilines is 1. The standard InChI is InChI=1S/C14H16ClN3O4/c15-14-11(7-16-20)12(3-4-13(14)18(21)22)17-8-1-2-9(17)6-10(19)5-8/h3-4,7-10,19-20H,1-2,5-6H2/b16-7+/t8-,9+,10?. The van der Waals surface area contributed by atoms with E-state index in [2.05, 4.69) is 10.1 Å². The second-order valence-electron chi connectivity index (χ2n) is 5.75. The number of nitro groups is 1. The number of rotatable bonds is 3. The average molecular weight is 326 g/mol. The molecule has 3 rings (SSSR count). The first kappa shape index (κ1) is 15.1. The van der Waals surface area contributed by atoms with Gasteiger partial charge >= 0.3 is 0 Å². The third-order valence-electron chi connectivity index (χ3n) is 4.51. The van der Waals surface area contributed by atoms with E-state index in [4.69, 9.17) is 16.8 Å². The van der Waals surface area contributed by atoms with Crippen molar-refractivity contribution in [3.8, 4) is 0 Å². The molecular weight excluding hydrogens is 310 g/mol. The lowest BCUT2D eigenvalue weighted by molar-refractivity contribution is -0.384. The van der Waals surface area contributed by atoms with Gasteiger partial charge in [0.05, 0.1) is 17.2 Å². The molecule has 1 unspecified atom stereocenters. The van der Waals surface area contributed by atoms with Gasteiger partial charge in [-0.3, -0.25) is 10.1 Å². The predicted molar refractivity (Wildman–Crippen MR) is 82.0 cm³/mol. The largest absolute Gasteiger partial charge is 0.411 e. The number of fused-ring (bicyclic) bond motifs is 2. The summed E-state index contributed by atoms with van der Waals surface area (Å²) < 4.78 is 0. The molecule has 0 aliphatic carbocycles. The quantitative estimate of drug-likeness (QED) is 0.385. The Labute approximate surface area is 131 Å². The van der Waals surface area contributed by atoms with Crippen LogP contribution >= 0.6 is 11.6 Å². The molecule has 2 aliphatic rings. The number of benzene rings is 1. The van der Waals surface area contributed by atoms with Crippen molar-refractivity contribution in [2.24, 2.45) is 5.16 Å². The topological polar surface area (TPSA) is 99.2 Å². The summed E-state index contributed by atoms with van der Waals surface area (Å²) in [6.45, 7) is 0. The predicted octanol–water partition coefficient (Wildman–Crippen LogP) is 2.55. The molecule has 8 heteroatoms. The molecule has 0 radical (unpaired) electrons. The summed E-state index contributed by atoms with van der Waals surface area (Å²) >= 11 is 6.13. The smallest absolute Gasteiger partial charge is 0.288 e. The van der Waals surface area contributed by atoms with Crippen molar-refractivity contribution in [3.63, 3.8) is 0 Å². The number of nitro benzene ring substituents is 1. The molecule has 1 aromatic carbocycles. The zero-order valence-corrected chi connectivity index (χ0v) is 12.5. The third-order valence-corrected chi connectivity index (χ3v) is 4.90. The Morgan fingerprint density at radius 1 is 1.36 bits per heavy atom. The SMILES string of the molecule is O=[N+]([O-])c1ccc(N2[C@@H]3CC[C@H]2CC(O)C3)c(/C=N/O)c1Cl. The first-order chi connectivity index (χ1) is 10.5. The zero-order valence-electron chi connectivity index (χ0n) is 11.7. The summed E-state index contributed by atoms with van der Waals surface area (Å²) in [6, 6.07) is 3.37. The van der Waals surface area contributed by atoms with Crippen LogP contribution in [0.4, 0.5) is 11.4 Å². The number of aliphatic hydroxyl groups is 1. The van der Waals surface area contributed by atoms with Gasteiger partial charge in [0.1, 0.15) is 5.02 Å². The molecule has 2 bridgehead atoms. The van der Waals surface area contributed by atoms with Crippen LogP contribution in [0.15, 0.2) is 17.3 Å². The van der Waals surface area contributed by atoms with E-state index in [0.29, 0.717) is 24.1 Å². The van der Waals surface area contributed by atoms with Crippen molar-refractivity contribution >= 4 is 29.2 Å². The summed E-state index contributed by atoms with van der Waals surface area (Å²) in [5.41, 5.74) is 0.837. The number of hydrogen-bond donors (Lipinski definition) is 2. The highest BCUT2D eigenvalue weighted by Crippen LogP contribution is 2.43. The molecule has 0 saturated carbocycles. The highest BCUT2D eigenvalue weighted by atomic mass is 35.5. The van der Waals surface area contributed by atoms with Crippen LogP contribution in [0, 0.1) is 10.1 Å². The molecule has 2 saturated heterocycles.